The average Bonchev–Trinajstić information content (AvgIpc) is 2.03. The lowest BCUT2D eigenvalue weighted by molar-refractivity contribution is 0.0696. The minimum absolute atomic E-state index is 0.267. The van der Waals surface area contributed by atoms with Gasteiger partial charge in [-0.05, 0) is 17.7 Å². The van der Waals surface area contributed by atoms with Crippen molar-refractivity contribution in [3.8, 4) is 0 Å². The largest absolute Gasteiger partial charge is 0.478 e. The van der Waals surface area contributed by atoms with Gasteiger partial charge < -0.3 is 5.11 Å². The summed E-state index contributed by atoms with van der Waals surface area (Å²) in [6, 6.07) is 3.17. The zero-order valence-corrected chi connectivity index (χ0v) is 11.1. The van der Waals surface area contributed by atoms with Gasteiger partial charge in [0.15, 0.2) is 0 Å². The molecular formula is C8H5Br3O2. The molecule has 0 spiro atoms. The Bertz CT molecular complexity index is 326. The summed E-state index contributed by atoms with van der Waals surface area (Å²) in [6.45, 7) is 0. The van der Waals surface area contributed by atoms with Crippen LogP contribution in [0.25, 0.3) is 0 Å². The fourth-order valence-electron chi connectivity index (χ4n) is 0.854. The van der Waals surface area contributed by atoms with Crippen molar-refractivity contribution in [1.82, 2.24) is 0 Å². The van der Waals surface area contributed by atoms with E-state index in [1.54, 1.807) is 12.1 Å². The van der Waals surface area contributed by atoms with Crippen LogP contribution < -0.4 is 0 Å². The van der Waals surface area contributed by atoms with E-state index >= 15 is 0 Å². The molecule has 1 aromatic carbocycles. The van der Waals surface area contributed by atoms with E-state index in [9.17, 15) is 4.79 Å². The van der Waals surface area contributed by atoms with E-state index < -0.39 is 5.97 Å². The van der Waals surface area contributed by atoms with E-state index in [2.05, 4.69) is 47.8 Å². The predicted molar refractivity (Wildman–Crippen MR) is 61.4 cm³/mol. The highest BCUT2D eigenvalue weighted by atomic mass is 79.9. The molecule has 0 aliphatic heterocycles. The molecule has 0 radical (unpaired) electrons. The number of hydrogen-bond donors (Lipinski definition) is 1. The molecule has 1 rings (SSSR count). The smallest absolute Gasteiger partial charge is 0.335 e. The minimum Gasteiger partial charge on any atom is -0.478 e. The van der Waals surface area contributed by atoms with E-state index in [1.165, 1.54) is 0 Å². The Morgan fingerprint density at radius 1 is 1.31 bits per heavy atom. The molecule has 0 aromatic heterocycles. The molecule has 1 aromatic rings. The van der Waals surface area contributed by atoms with Crippen LogP contribution in [0.2, 0.25) is 0 Å². The number of halogens is 3. The molecular weight excluding hydrogens is 368 g/mol. The number of hydrogen-bond acceptors (Lipinski definition) is 1. The zero-order valence-electron chi connectivity index (χ0n) is 6.35. The molecule has 0 unspecified atom stereocenters. The molecule has 13 heavy (non-hydrogen) atoms. The highest BCUT2D eigenvalue weighted by Crippen LogP contribution is 2.29. The van der Waals surface area contributed by atoms with Crippen molar-refractivity contribution in [3.63, 3.8) is 0 Å². The Kier molecular flexibility index (Phi) is 3.94. The van der Waals surface area contributed by atoms with Gasteiger partial charge in [-0.2, -0.15) is 0 Å². The quantitative estimate of drug-likeness (QED) is 0.802. The second kappa shape index (κ2) is 4.57. The van der Waals surface area contributed by atoms with E-state index in [-0.39, 0.29) is 5.56 Å². The van der Waals surface area contributed by atoms with Crippen molar-refractivity contribution in [1.29, 1.82) is 0 Å². The Balaban J connectivity index is 3.28. The van der Waals surface area contributed by atoms with Gasteiger partial charge in [-0.1, -0.05) is 47.8 Å². The van der Waals surface area contributed by atoms with Gasteiger partial charge in [0.05, 0.1) is 5.56 Å². The van der Waals surface area contributed by atoms with E-state index in [0.29, 0.717) is 5.33 Å². The van der Waals surface area contributed by atoms with Gasteiger partial charge in [-0.3, -0.25) is 0 Å². The van der Waals surface area contributed by atoms with Crippen molar-refractivity contribution in [2.24, 2.45) is 0 Å². The molecule has 0 aliphatic rings. The maximum atomic E-state index is 10.7. The highest BCUT2D eigenvalue weighted by Gasteiger charge is 2.10. The molecule has 0 saturated carbocycles. The summed E-state index contributed by atoms with van der Waals surface area (Å²) >= 11 is 9.92. The molecule has 0 amide bonds. The van der Waals surface area contributed by atoms with Gasteiger partial charge in [0.25, 0.3) is 0 Å². The number of rotatable bonds is 2. The normalized spacial score (nSPS) is 10.1. The number of carboxylic acids is 1. The molecule has 2 nitrogen and oxygen atoms in total. The van der Waals surface area contributed by atoms with Crippen LogP contribution in [0.1, 0.15) is 15.9 Å². The summed E-state index contributed by atoms with van der Waals surface area (Å²) in [7, 11) is 0. The summed E-state index contributed by atoms with van der Waals surface area (Å²) in [5.74, 6) is -0.928. The van der Waals surface area contributed by atoms with Gasteiger partial charge >= 0.3 is 5.97 Å². The number of benzene rings is 1. The van der Waals surface area contributed by atoms with Gasteiger partial charge in [-0.15, -0.1) is 0 Å². The molecule has 0 saturated heterocycles. The minimum atomic E-state index is -0.928. The van der Waals surface area contributed by atoms with Crippen LogP contribution in [0.5, 0.6) is 0 Å². The van der Waals surface area contributed by atoms with Gasteiger partial charge in [0, 0.05) is 14.3 Å². The Morgan fingerprint density at radius 2 is 1.77 bits per heavy atom. The number of aromatic carboxylic acids is 1. The van der Waals surface area contributed by atoms with Crippen molar-refractivity contribution in [2.45, 2.75) is 5.33 Å². The summed E-state index contributed by atoms with van der Waals surface area (Å²) in [4.78, 5) is 10.7. The van der Waals surface area contributed by atoms with Crippen LogP contribution in [0, 0.1) is 0 Å². The lowest BCUT2D eigenvalue weighted by Gasteiger charge is -2.05. The molecule has 0 fully saturated rings. The summed E-state index contributed by atoms with van der Waals surface area (Å²) < 4.78 is 1.58. The Labute approximate surface area is 101 Å². The second-order valence-electron chi connectivity index (χ2n) is 2.36. The average molecular weight is 373 g/mol. The first-order valence-corrected chi connectivity index (χ1v) is 6.04. The monoisotopic (exact) mass is 370 g/mol. The molecule has 0 aliphatic carbocycles. The van der Waals surface area contributed by atoms with Crippen molar-refractivity contribution < 1.29 is 9.90 Å². The molecule has 0 atom stereocenters. The molecule has 0 bridgehead atoms. The van der Waals surface area contributed by atoms with Crippen LogP contribution in [0.3, 0.4) is 0 Å². The second-order valence-corrected chi connectivity index (χ2v) is 4.63. The van der Waals surface area contributed by atoms with Crippen molar-refractivity contribution in [3.05, 3.63) is 32.2 Å². The van der Waals surface area contributed by atoms with Crippen LogP contribution in [-0.4, -0.2) is 11.1 Å². The standard InChI is InChI=1S/C8H5Br3O2/c9-3-5-6(10)1-4(8(12)13)2-7(5)11/h1-2H,3H2,(H,12,13). The lowest BCUT2D eigenvalue weighted by atomic mass is 10.1. The molecule has 0 heterocycles. The third kappa shape index (κ3) is 2.54. The Morgan fingerprint density at radius 3 is 2.08 bits per heavy atom. The number of carbonyl (C=O) groups is 1. The molecule has 70 valence electrons. The third-order valence-electron chi connectivity index (χ3n) is 1.52. The van der Waals surface area contributed by atoms with Crippen LogP contribution >= 0.6 is 47.8 Å². The number of alkyl halides is 1. The van der Waals surface area contributed by atoms with Crippen LogP contribution in [-0.2, 0) is 5.33 Å². The predicted octanol–water partition coefficient (Wildman–Crippen LogP) is 3.80. The SMILES string of the molecule is O=C(O)c1cc(Br)c(CBr)c(Br)c1. The molecule has 1 N–H and O–H groups in total. The first kappa shape index (κ1) is 11.2. The fraction of sp³-hybridized carbons (Fsp3) is 0.125. The van der Waals surface area contributed by atoms with Gasteiger partial charge in [0.1, 0.15) is 0 Å². The summed E-state index contributed by atoms with van der Waals surface area (Å²) in [5.41, 5.74) is 1.27. The lowest BCUT2D eigenvalue weighted by Crippen LogP contribution is -1.97. The van der Waals surface area contributed by atoms with E-state index in [0.717, 1.165) is 14.5 Å². The Hall–Kier alpha value is 0.130. The maximum Gasteiger partial charge on any atom is 0.335 e. The molecule has 5 heteroatoms. The number of carboxylic acid groups (broad SMARTS) is 1. The van der Waals surface area contributed by atoms with Crippen molar-refractivity contribution >= 4 is 53.8 Å². The maximum absolute atomic E-state index is 10.7. The third-order valence-corrected chi connectivity index (χ3v) is 3.50. The first-order valence-electron chi connectivity index (χ1n) is 3.33. The zero-order chi connectivity index (χ0) is 10.0. The topological polar surface area (TPSA) is 37.3 Å². The van der Waals surface area contributed by atoms with Gasteiger partial charge in [-0.25, -0.2) is 4.79 Å². The van der Waals surface area contributed by atoms with E-state index in [4.69, 9.17) is 5.11 Å². The summed E-state index contributed by atoms with van der Waals surface area (Å²) in [5, 5.41) is 9.42. The first-order chi connectivity index (χ1) is 6.06. The van der Waals surface area contributed by atoms with Crippen molar-refractivity contribution in [2.75, 3.05) is 0 Å². The van der Waals surface area contributed by atoms with Crippen LogP contribution in [0.4, 0.5) is 0 Å². The highest BCUT2D eigenvalue weighted by molar-refractivity contribution is 9.11. The fourth-order valence-corrected chi connectivity index (χ4v) is 3.68. The summed E-state index contributed by atoms with van der Waals surface area (Å²) in [6.07, 6.45) is 0. The van der Waals surface area contributed by atoms with E-state index in [1.807, 2.05) is 0 Å². The van der Waals surface area contributed by atoms with Crippen LogP contribution in [0.15, 0.2) is 21.1 Å². The van der Waals surface area contributed by atoms with Gasteiger partial charge in [0.2, 0.25) is 0 Å².